The van der Waals surface area contributed by atoms with Gasteiger partial charge in [-0.05, 0) is 120 Å². The number of hydrogen-bond acceptors (Lipinski definition) is 0. The van der Waals surface area contributed by atoms with E-state index in [1.165, 1.54) is 72.4 Å². The first kappa shape index (κ1) is 29.4. The first-order valence-electron chi connectivity index (χ1n) is 15.5. The van der Waals surface area contributed by atoms with Crippen LogP contribution in [0.4, 0.5) is 0 Å². The van der Waals surface area contributed by atoms with Crippen LogP contribution in [-0.4, -0.2) is 0 Å². The molecule has 0 radical (unpaired) electrons. The lowest BCUT2D eigenvalue weighted by atomic mass is 9.41. The Morgan fingerprint density at radius 1 is 0.927 bits per heavy atom. The third-order valence-electron chi connectivity index (χ3n) is 11.6. The fourth-order valence-electron chi connectivity index (χ4n) is 9.30. The summed E-state index contributed by atoms with van der Waals surface area (Å²) in [7, 11) is 0. The van der Waals surface area contributed by atoms with Gasteiger partial charge in [-0.15, -0.1) is 0 Å². The summed E-state index contributed by atoms with van der Waals surface area (Å²) in [5.74, 6) is 0.376. The molecule has 0 saturated heterocycles. The first-order chi connectivity index (χ1) is 19.1. The van der Waals surface area contributed by atoms with Gasteiger partial charge in [0.15, 0.2) is 0 Å². The van der Waals surface area contributed by atoms with Crippen LogP contribution < -0.4 is 0 Å². The number of allylic oxidation sites excluding steroid dienone is 8. The highest BCUT2D eigenvalue weighted by Crippen LogP contribution is 2.70. The molecule has 0 bridgehead atoms. The fourth-order valence-corrected chi connectivity index (χ4v) is 9.30. The van der Waals surface area contributed by atoms with E-state index in [1.54, 1.807) is 0 Å². The van der Waals surface area contributed by atoms with E-state index in [0.29, 0.717) is 5.92 Å². The summed E-state index contributed by atoms with van der Waals surface area (Å²) >= 11 is 0. The molecule has 3 aliphatic rings. The van der Waals surface area contributed by atoms with Crippen molar-refractivity contribution in [1.82, 2.24) is 0 Å². The predicted molar refractivity (Wildman–Crippen MR) is 180 cm³/mol. The molecule has 0 amide bonds. The van der Waals surface area contributed by atoms with Crippen LogP contribution in [-0.2, 0) is 6.42 Å². The van der Waals surface area contributed by atoms with E-state index in [1.807, 2.05) is 0 Å². The van der Waals surface area contributed by atoms with Crippen LogP contribution in [0.1, 0.15) is 103 Å². The van der Waals surface area contributed by atoms with Crippen molar-refractivity contribution in [2.24, 2.45) is 16.2 Å². The molecule has 2 aromatic carbocycles. The molecule has 214 valence electrons. The quantitative estimate of drug-likeness (QED) is 0.330. The summed E-state index contributed by atoms with van der Waals surface area (Å²) in [6.07, 6.45) is 4.24. The normalized spacial score (nSPS) is 28.2. The van der Waals surface area contributed by atoms with Crippen LogP contribution in [0.3, 0.4) is 0 Å². The molecule has 0 aromatic heterocycles. The van der Waals surface area contributed by atoms with Crippen molar-refractivity contribution in [2.45, 2.75) is 93.9 Å². The zero-order valence-corrected chi connectivity index (χ0v) is 27.2. The molecule has 3 aliphatic carbocycles. The van der Waals surface area contributed by atoms with Crippen molar-refractivity contribution in [3.05, 3.63) is 124 Å². The van der Waals surface area contributed by atoms with Gasteiger partial charge in [-0.25, -0.2) is 0 Å². The first-order valence-corrected chi connectivity index (χ1v) is 15.5. The van der Waals surface area contributed by atoms with Gasteiger partial charge in [0.2, 0.25) is 0 Å². The topological polar surface area (TPSA) is 0 Å². The van der Waals surface area contributed by atoms with Crippen LogP contribution in [0.25, 0.3) is 16.7 Å². The highest BCUT2D eigenvalue weighted by molar-refractivity contribution is 5.90. The van der Waals surface area contributed by atoms with Crippen molar-refractivity contribution >= 4 is 5.57 Å². The summed E-state index contributed by atoms with van der Waals surface area (Å²) in [4.78, 5) is 0. The fraction of sp³-hybridized carbons (Fsp3) is 0.415. The maximum Gasteiger partial charge on any atom is 0.0194 e. The summed E-state index contributed by atoms with van der Waals surface area (Å²) in [5, 5.41) is 0. The van der Waals surface area contributed by atoms with E-state index in [4.69, 9.17) is 13.2 Å². The molecule has 0 N–H and O–H groups in total. The summed E-state index contributed by atoms with van der Waals surface area (Å²) < 4.78 is 0. The van der Waals surface area contributed by atoms with Crippen LogP contribution in [0.2, 0.25) is 0 Å². The Morgan fingerprint density at radius 3 is 2.15 bits per heavy atom. The number of fused-ring (bicyclic) bond motifs is 3. The van der Waals surface area contributed by atoms with Crippen molar-refractivity contribution < 1.29 is 0 Å². The summed E-state index contributed by atoms with van der Waals surface area (Å²) in [5.41, 5.74) is 18.6. The largest absolute Gasteiger partial charge is 0.0993 e. The van der Waals surface area contributed by atoms with E-state index >= 15 is 0 Å². The monoisotopic (exact) mass is 542 g/mol. The minimum Gasteiger partial charge on any atom is -0.0993 e. The third kappa shape index (κ3) is 4.08. The number of aryl methyl sites for hydroxylation is 1. The van der Waals surface area contributed by atoms with Gasteiger partial charge in [0.1, 0.15) is 0 Å². The summed E-state index contributed by atoms with van der Waals surface area (Å²) in [6, 6.07) is 13.9. The average Bonchev–Trinajstić information content (AvgIpc) is 2.89. The number of rotatable bonds is 5. The Morgan fingerprint density at radius 2 is 1.56 bits per heavy atom. The van der Waals surface area contributed by atoms with Gasteiger partial charge in [0.25, 0.3) is 0 Å². The second-order valence-corrected chi connectivity index (χ2v) is 14.3. The molecule has 0 fully saturated rings. The van der Waals surface area contributed by atoms with Crippen LogP contribution in [0.15, 0.2) is 102 Å². The molecule has 1 unspecified atom stereocenters. The highest BCUT2D eigenvalue weighted by Gasteiger charge is 2.59. The van der Waals surface area contributed by atoms with Crippen molar-refractivity contribution in [1.29, 1.82) is 0 Å². The second kappa shape index (κ2) is 9.72. The maximum atomic E-state index is 4.86. The minimum absolute atomic E-state index is 0.0135. The predicted octanol–water partition coefficient (Wildman–Crippen LogP) is 11.9. The summed E-state index contributed by atoms with van der Waals surface area (Å²) in [6.45, 7) is 39.3. The molecule has 0 heterocycles. The zero-order valence-electron chi connectivity index (χ0n) is 27.2. The Hall–Kier alpha value is -3.12. The Labute approximate surface area is 250 Å². The molecule has 0 heteroatoms. The van der Waals surface area contributed by atoms with E-state index in [0.717, 1.165) is 31.3 Å². The molecular weight excluding hydrogens is 492 g/mol. The molecule has 0 spiro atoms. The smallest absolute Gasteiger partial charge is 0.0194 e. The zero-order chi connectivity index (χ0) is 30.2. The Kier molecular flexibility index (Phi) is 6.97. The number of benzene rings is 2. The minimum atomic E-state index is -0.128. The number of hydrogen-bond donors (Lipinski definition) is 0. The molecule has 2 aromatic rings. The van der Waals surface area contributed by atoms with Gasteiger partial charge in [0, 0.05) is 11.3 Å². The van der Waals surface area contributed by atoms with Crippen molar-refractivity contribution in [3.8, 4) is 11.1 Å². The lowest BCUT2D eigenvalue weighted by Crippen LogP contribution is -2.52. The Balaban J connectivity index is 1.67. The third-order valence-corrected chi connectivity index (χ3v) is 11.6. The highest BCUT2D eigenvalue weighted by atomic mass is 14.6. The SMILES string of the molecule is C=C(C)C1=C(C)C[C@@]2(C)C[C@@]3(C)Cc4c(-c5ccc(C(C)C(=C)CC)cc5)ccc(C)c4C(=C)C3=C(C)[C@@]2(C)C1=C. The van der Waals surface area contributed by atoms with Gasteiger partial charge in [-0.2, -0.15) is 0 Å². The van der Waals surface area contributed by atoms with Gasteiger partial charge >= 0.3 is 0 Å². The molecule has 41 heavy (non-hydrogen) atoms. The maximum absolute atomic E-state index is 4.86. The van der Waals surface area contributed by atoms with Crippen LogP contribution in [0.5, 0.6) is 0 Å². The lowest BCUT2D eigenvalue weighted by molar-refractivity contribution is 0.0544. The average molecular weight is 543 g/mol. The molecule has 5 rings (SSSR count). The van der Waals surface area contributed by atoms with Crippen LogP contribution in [0, 0.1) is 23.2 Å². The van der Waals surface area contributed by atoms with E-state index in [2.05, 4.69) is 112 Å². The molecule has 0 nitrogen and oxygen atoms in total. The molecule has 4 atom stereocenters. The van der Waals surface area contributed by atoms with Crippen LogP contribution >= 0.6 is 0 Å². The van der Waals surface area contributed by atoms with Gasteiger partial charge < -0.3 is 0 Å². The van der Waals surface area contributed by atoms with Crippen molar-refractivity contribution in [2.75, 3.05) is 0 Å². The molecule has 0 aliphatic heterocycles. The second-order valence-electron chi connectivity index (χ2n) is 14.3. The molecular formula is C41H50. The Bertz CT molecular complexity index is 1580. The van der Waals surface area contributed by atoms with E-state index in [-0.39, 0.29) is 16.2 Å². The van der Waals surface area contributed by atoms with E-state index < -0.39 is 0 Å². The lowest BCUT2D eigenvalue weighted by Gasteiger charge is -2.62. The van der Waals surface area contributed by atoms with Gasteiger partial charge in [-0.3, -0.25) is 0 Å². The van der Waals surface area contributed by atoms with E-state index in [9.17, 15) is 0 Å². The molecule has 0 saturated carbocycles. The van der Waals surface area contributed by atoms with Crippen molar-refractivity contribution in [3.63, 3.8) is 0 Å². The van der Waals surface area contributed by atoms with Gasteiger partial charge in [0.05, 0.1) is 0 Å². The van der Waals surface area contributed by atoms with Gasteiger partial charge in [-0.1, -0.05) is 120 Å². The standard InChI is InChI=1S/C41H50/c1-14-25(4)28(7)32-16-18-33(19-17-32)34-20-15-26(5)37-29(8)38-31(10)41(13)30(9)36(24(2)3)27(6)21-40(41,12)23-39(38,11)22-35(34)37/h15-20,28H,2,4,8-9,14,21-23H2,1,3,5-7,10-13H3/t28?,39-,40+,41-/m1/s1.